The summed E-state index contributed by atoms with van der Waals surface area (Å²) in [5.74, 6) is -2.89. The number of likely N-dealkylation sites (tertiary alicyclic amines) is 1. The van der Waals surface area contributed by atoms with Gasteiger partial charge in [-0.2, -0.15) is 5.10 Å². The highest BCUT2D eigenvalue weighted by Crippen LogP contribution is 2.33. The van der Waals surface area contributed by atoms with Gasteiger partial charge in [0.25, 0.3) is 17.7 Å². The molecule has 3 amide bonds. The van der Waals surface area contributed by atoms with E-state index >= 15 is 8.78 Å². The number of aromatic nitrogens is 4. The second kappa shape index (κ2) is 12.9. The Hall–Kier alpha value is -4.62. The number of aryl methyl sites for hydroxylation is 1. The molecule has 0 saturated carbocycles. The fraction of sp³-hybridized carbons (Fsp3) is 0.364. The van der Waals surface area contributed by atoms with Gasteiger partial charge in [0.05, 0.1) is 48.8 Å². The highest BCUT2D eigenvalue weighted by molar-refractivity contribution is 6.34. The normalized spacial score (nSPS) is 16.0. The molecule has 0 atom stereocenters. The van der Waals surface area contributed by atoms with Crippen molar-refractivity contribution in [3.63, 3.8) is 0 Å². The van der Waals surface area contributed by atoms with E-state index in [1.807, 2.05) is 4.90 Å². The third-order valence-electron chi connectivity index (χ3n) is 9.21. The van der Waals surface area contributed by atoms with Crippen molar-refractivity contribution in [3.05, 3.63) is 76.5 Å². The Bertz CT molecular complexity index is 1860. The highest BCUT2D eigenvalue weighted by Gasteiger charge is 2.33. The first-order valence-corrected chi connectivity index (χ1v) is 15.9. The van der Waals surface area contributed by atoms with Crippen LogP contribution in [0.3, 0.4) is 0 Å². The van der Waals surface area contributed by atoms with E-state index in [1.54, 1.807) is 24.0 Å². The number of quaternary nitrogens is 1. The molecule has 4 heterocycles. The number of piperazine rings is 1. The first-order valence-electron chi connectivity index (χ1n) is 15.5. The lowest BCUT2D eigenvalue weighted by Gasteiger charge is -2.37. The summed E-state index contributed by atoms with van der Waals surface area (Å²) in [6, 6.07) is 7.47. The Morgan fingerprint density at radius 3 is 2.28 bits per heavy atom. The van der Waals surface area contributed by atoms with Gasteiger partial charge in [0.2, 0.25) is 0 Å². The number of anilines is 1. The van der Waals surface area contributed by atoms with Crippen LogP contribution in [-0.4, -0.2) is 105 Å². The van der Waals surface area contributed by atoms with E-state index in [0.717, 1.165) is 30.4 Å². The highest BCUT2D eigenvalue weighted by atomic mass is 35.5. The fourth-order valence-corrected chi connectivity index (χ4v) is 6.68. The molecule has 2 aliphatic heterocycles. The minimum absolute atomic E-state index is 0.0426. The lowest BCUT2D eigenvalue weighted by Crippen LogP contribution is -2.55. The summed E-state index contributed by atoms with van der Waals surface area (Å²) in [4.78, 5) is 47.0. The molecule has 2 N–H and O–H groups in total. The molecule has 246 valence electrons. The SMILES string of the molecule is Cc1[nH]ncc1-c1ccc(-c2cnc(C(=O)Nc3ccc(C(=O)N4CCN(C(=O)C[N+]5(C)CCCC5)CC4)c(Cl)c3)n2C)c(F)c1F. The molecule has 0 radical (unpaired) electrons. The number of H-pyrrole nitrogens is 1. The largest absolute Gasteiger partial charge is 0.335 e. The van der Waals surface area contributed by atoms with Gasteiger partial charge in [-0.3, -0.25) is 19.5 Å². The first-order chi connectivity index (χ1) is 22.5. The van der Waals surface area contributed by atoms with Crippen molar-refractivity contribution in [1.82, 2.24) is 29.5 Å². The third kappa shape index (κ3) is 6.37. The van der Waals surface area contributed by atoms with Crippen LogP contribution in [0.2, 0.25) is 5.02 Å². The Morgan fingerprint density at radius 1 is 0.957 bits per heavy atom. The standard InChI is InChI=1S/C33H35ClF2N8O3/c1-20-25(17-38-40-20)22-8-9-24(30(36)29(22)35)27-18-37-31(41(27)2)32(46)39-21-6-7-23(26(34)16-21)33(47)43-12-10-42(11-13-43)28(45)19-44(3)14-4-5-15-44/h6-9,16-18H,4-5,10-15,19H2,1-3H3,(H-,38,39,40,46,47)/p+1. The fourth-order valence-electron chi connectivity index (χ4n) is 6.41. The van der Waals surface area contributed by atoms with E-state index in [9.17, 15) is 14.4 Å². The predicted octanol–water partition coefficient (Wildman–Crippen LogP) is 4.49. The number of carbonyl (C=O) groups is 3. The van der Waals surface area contributed by atoms with Crippen LogP contribution in [-0.2, 0) is 11.8 Å². The van der Waals surface area contributed by atoms with Gasteiger partial charge in [-0.05, 0) is 31.2 Å². The number of likely N-dealkylation sites (N-methyl/N-ethyl adjacent to an activating group) is 1. The minimum Gasteiger partial charge on any atom is -0.335 e. The molecule has 2 fully saturated rings. The molecule has 0 unspecified atom stereocenters. The molecule has 14 heteroatoms. The maximum atomic E-state index is 15.2. The van der Waals surface area contributed by atoms with Crippen LogP contribution in [0, 0.1) is 18.6 Å². The molecule has 6 rings (SSSR count). The third-order valence-corrected chi connectivity index (χ3v) is 9.52. The zero-order valence-electron chi connectivity index (χ0n) is 26.4. The van der Waals surface area contributed by atoms with Crippen LogP contribution < -0.4 is 5.32 Å². The van der Waals surface area contributed by atoms with Crippen LogP contribution in [0.1, 0.15) is 39.5 Å². The van der Waals surface area contributed by atoms with Crippen LogP contribution in [0.5, 0.6) is 0 Å². The van der Waals surface area contributed by atoms with Crippen molar-refractivity contribution < 1.29 is 27.6 Å². The molecule has 4 aromatic rings. The van der Waals surface area contributed by atoms with Crippen molar-refractivity contribution in [2.75, 3.05) is 58.2 Å². The number of benzene rings is 2. The van der Waals surface area contributed by atoms with Crippen LogP contribution in [0.25, 0.3) is 22.4 Å². The van der Waals surface area contributed by atoms with Crippen LogP contribution >= 0.6 is 11.6 Å². The Morgan fingerprint density at radius 2 is 1.62 bits per heavy atom. The summed E-state index contributed by atoms with van der Waals surface area (Å²) in [7, 11) is 3.65. The van der Waals surface area contributed by atoms with Crippen molar-refractivity contribution in [2.45, 2.75) is 19.8 Å². The average molecular weight is 666 g/mol. The molecule has 11 nitrogen and oxygen atoms in total. The Balaban J connectivity index is 1.09. The van der Waals surface area contributed by atoms with Gasteiger partial charge >= 0.3 is 0 Å². The number of amides is 3. The summed E-state index contributed by atoms with van der Waals surface area (Å²) in [5, 5.41) is 9.44. The number of rotatable bonds is 7. The van der Waals surface area contributed by atoms with Gasteiger partial charge in [-0.25, -0.2) is 13.8 Å². The molecule has 2 aliphatic rings. The molecule has 0 bridgehead atoms. The second-order valence-corrected chi connectivity index (χ2v) is 12.9. The summed E-state index contributed by atoms with van der Waals surface area (Å²) in [6.07, 6.45) is 5.01. The molecule has 0 aliphatic carbocycles. The first kappa shape index (κ1) is 32.3. The Kier molecular flexibility index (Phi) is 8.86. The second-order valence-electron chi connectivity index (χ2n) is 12.5. The zero-order valence-corrected chi connectivity index (χ0v) is 27.2. The summed E-state index contributed by atoms with van der Waals surface area (Å²) < 4.78 is 32.4. The van der Waals surface area contributed by atoms with Gasteiger partial charge in [0.1, 0.15) is 0 Å². The van der Waals surface area contributed by atoms with Gasteiger partial charge < -0.3 is 24.2 Å². The van der Waals surface area contributed by atoms with Gasteiger partial charge in [0.15, 0.2) is 24.0 Å². The lowest BCUT2D eigenvalue weighted by molar-refractivity contribution is -0.890. The van der Waals surface area contributed by atoms with Gasteiger partial charge in [0, 0.05) is 74.1 Å². The number of nitrogens with zero attached hydrogens (tertiary/aromatic N) is 6. The topological polar surface area (TPSA) is 116 Å². The van der Waals surface area contributed by atoms with Gasteiger partial charge in [-0.15, -0.1) is 0 Å². The maximum absolute atomic E-state index is 15.2. The van der Waals surface area contributed by atoms with Crippen molar-refractivity contribution in [3.8, 4) is 22.4 Å². The van der Waals surface area contributed by atoms with Crippen LogP contribution in [0.15, 0.2) is 42.7 Å². The maximum Gasteiger partial charge on any atom is 0.291 e. The van der Waals surface area contributed by atoms with E-state index in [-0.39, 0.29) is 45.0 Å². The smallest absolute Gasteiger partial charge is 0.291 e. The number of imidazole rings is 1. The molecule has 0 spiro atoms. The summed E-state index contributed by atoms with van der Waals surface area (Å²) >= 11 is 6.50. The van der Waals surface area contributed by atoms with E-state index in [2.05, 4.69) is 27.5 Å². The number of carbonyl (C=O) groups excluding carboxylic acids is 3. The van der Waals surface area contributed by atoms with E-state index in [4.69, 9.17) is 11.6 Å². The molecule has 2 aromatic heterocycles. The molecular weight excluding hydrogens is 630 g/mol. The summed E-state index contributed by atoms with van der Waals surface area (Å²) in [5.41, 5.74) is 1.87. The summed E-state index contributed by atoms with van der Waals surface area (Å²) in [6.45, 7) is 5.97. The monoisotopic (exact) mass is 665 g/mol. The predicted molar refractivity (Wildman–Crippen MR) is 173 cm³/mol. The molecule has 47 heavy (non-hydrogen) atoms. The number of hydrogen-bond donors (Lipinski definition) is 2. The van der Waals surface area contributed by atoms with Gasteiger partial charge in [-0.1, -0.05) is 17.7 Å². The zero-order chi connectivity index (χ0) is 33.5. The quantitative estimate of drug-likeness (QED) is 0.282. The van der Waals surface area contributed by atoms with Crippen molar-refractivity contribution in [2.24, 2.45) is 7.05 Å². The van der Waals surface area contributed by atoms with E-state index in [0.29, 0.717) is 49.7 Å². The minimum atomic E-state index is -1.07. The van der Waals surface area contributed by atoms with Crippen LogP contribution in [0.4, 0.5) is 14.5 Å². The van der Waals surface area contributed by atoms with E-state index < -0.39 is 17.5 Å². The van der Waals surface area contributed by atoms with E-state index in [1.165, 1.54) is 42.2 Å². The molecule has 2 aromatic carbocycles. The Labute approximate surface area is 275 Å². The lowest BCUT2D eigenvalue weighted by atomic mass is 10.0. The average Bonchev–Trinajstić information content (AvgIpc) is 3.78. The molecule has 2 saturated heterocycles. The number of halogens is 3. The number of hydrogen-bond acceptors (Lipinski definition) is 5. The molecular formula is C33H36ClF2N8O3+. The number of aromatic amines is 1. The van der Waals surface area contributed by atoms with Crippen molar-refractivity contribution in [1.29, 1.82) is 0 Å². The number of nitrogens with one attached hydrogen (secondary N) is 2. The van der Waals surface area contributed by atoms with Crippen molar-refractivity contribution >= 4 is 35.0 Å².